The summed E-state index contributed by atoms with van der Waals surface area (Å²) in [6, 6.07) is 9.62. The topological polar surface area (TPSA) is 85.6 Å². The maximum absolute atomic E-state index is 13.2. The van der Waals surface area contributed by atoms with Gasteiger partial charge in [-0.25, -0.2) is 0 Å². The van der Waals surface area contributed by atoms with Gasteiger partial charge in [-0.15, -0.1) is 0 Å². The molecule has 2 fully saturated rings. The van der Waals surface area contributed by atoms with Crippen molar-refractivity contribution in [2.75, 3.05) is 26.2 Å². The van der Waals surface area contributed by atoms with Crippen molar-refractivity contribution in [2.24, 2.45) is 5.41 Å². The Kier molecular flexibility index (Phi) is 4.87. The largest absolute Gasteiger partial charge is 0.465 e. The monoisotopic (exact) mass is 408 g/mol. The summed E-state index contributed by atoms with van der Waals surface area (Å²) in [5.41, 5.74) is 2.16. The van der Waals surface area contributed by atoms with E-state index >= 15 is 0 Å². The highest BCUT2D eigenvalue weighted by Gasteiger charge is 2.43. The zero-order valence-electron chi connectivity index (χ0n) is 17.3. The van der Waals surface area contributed by atoms with E-state index in [0.717, 1.165) is 61.5 Å². The fraction of sp³-hybridized carbons (Fsp3) is 0.478. The molecule has 3 aromatic rings. The number of aromatic nitrogens is 2. The molecule has 0 bridgehead atoms. The molecule has 0 radical (unpaired) electrons. The molecular weight excluding hydrogens is 380 g/mol. The number of rotatable bonds is 3. The number of amides is 1. The third-order valence-electron chi connectivity index (χ3n) is 6.62. The number of furan rings is 1. The Balaban J connectivity index is 1.27. The molecule has 0 aliphatic carbocycles. The third kappa shape index (κ3) is 3.75. The summed E-state index contributed by atoms with van der Waals surface area (Å²) in [5, 5.41) is 10.6. The lowest BCUT2D eigenvalue weighted by atomic mass is 9.71. The van der Waals surface area contributed by atoms with Crippen LogP contribution in [0.3, 0.4) is 0 Å². The van der Waals surface area contributed by atoms with Gasteiger partial charge in [0.15, 0.2) is 0 Å². The van der Waals surface area contributed by atoms with Crippen molar-refractivity contribution >= 4 is 16.9 Å². The number of β-amino-alcohol motifs (C(OH)–C–C–N with tert-alkyl or cyclic N) is 1. The molecule has 0 saturated carbocycles. The molecule has 1 spiro atoms. The highest BCUT2D eigenvalue weighted by atomic mass is 16.3. The average molecular weight is 409 g/mol. The number of aliphatic hydroxyl groups is 1. The molecule has 1 atom stereocenters. The number of nitrogens with one attached hydrogen (secondary N) is 1. The normalized spacial score (nSPS) is 22.1. The summed E-state index contributed by atoms with van der Waals surface area (Å²) in [6.07, 6.45) is 3.95. The molecule has 5 rings (SSSR count). The van der Waals surface area contributed by atoms with Gasteiger partial charge in [-0.3, -0.25) is 14.7 Å². The van der Waals surface area contributed by atoms with Gasteiger partial charge in [-0.05, 0) is 75.0 Å². The van der Waals surface area contributed by atoms with E-state index in [1.165, 1.54) is 0 Å². The Morgan fingerprint density at radius 2 is 2.17 bits per heavy atom. The van der Waals surface area contributed by atoms with E-state index in [1.54, 1.807) is 12.3 Å². The second kappa shape index (κ2) is 7.56. The van der Waals surface area contributed by atoms with Crippen LogP contribution in [-0.4, -0.2) is 63.1 Å². The first kappa shape index (κ1) is 19.3. The predicted molar refractivity (Wildman–Crippen MR) is 113 cm³/mol. The van der Waals surface area contributed by atoms with Crippen LogP contribution in [0.25, 0.3) is 11.0 Å². The van der Waals surface area contributed by atoms with Gasteiger partial charge in [-0.2, -0.15) is 0 Å². The maximum atomic E-state index is 13.2. The number of hydrogen-bond acceptors (Lipinski definition) is 5. The van der Waals surface area contributed by atoms with Gasteiger partial charge in [0, 0.05) is 19.3 Å². The second-order valence-electron chi connectivity index (χ2n) is 8.95. The number of hydrogen-bond donors (Lipinski definition) is 2. The number of piperidine rings is 2. The molecule has 7 nitrogen and oxygen atoms in total. The molecule has 3 aromatic heterocycles. The quantitative estimate of drug-likeness (QED) is 0.696. The Morgan fingerprint density at radius 1 is 1.33 bits per heavy atom. The molecule has 7 heteroatoms. The van der Waals surface area contributed by atoms with Gasteiger partial charge >= 0.3 is 0 Å². The van der Waals surface area contributed by atoms with Gasteiger partial charge in [0.25, 0.3) is 5.91 Å². The zero-order chi connectivity index (χ0) is 20.7. The van der Waals surface area contributed by atoms with E-state index in [-0.39, 0.29) is 11.3 Å². The Hall–Kier alpha value is -2.64. The minimum Gasteiger partial charge on any atom is -0.465 e. The van der Waals surface area contributed by atoms with Gasteiger partial charge in [0.2, 0.25) is 0 Å². The lowest BCUT2D eigenvalue weighted by Crippen LogP contribution is -2.55. The predicted octanol–water partition coefficient (Wildman–Crippen LogP) is 2.95. The van der Waals surface area contributed by atoms with Gasteiger partial charge in [-0.1, -0.05) is 0 Å². The number of aromatic amines is 1. The van der Waals surface area contributed by atoms with Crippen LogP contribution in [0.2, 0.25) is 0 Å². The minimum atomic E-state index is -0.482. The second-order valence-corrected chi connectivity index (χ2v) is 8.95. The number of likely N-dealkylation sites (tertiary alicyclic amines) is 2. The van der Waals surface area contributed by atoms with Crippen molar-refractivity contribution in [1.29, 1.82) is 0 Å². The number of fused-ring (bicyclic) bond motifs is 1. The van der Waals surface area contributed by atoms with Crippen molar-refractivity contribution in [3.05, 3.63) is 53.7 Å². The summed E-state index contributed by atoms with van der Waals surface area (Å²) >= 11 is 0. The van der Waals surface area contributed by atoms with Crippen molar-refractivity contribution in [3.63, 3.8) is 0 Å². The molecule has 2 N–H and O–H groups in total. The van der Waals surface area contributed by atoms with Crippen LogP contribution in [-0.2, 0) is 6.54 Å². The summed E-state index contributed by atoms with van der Waals surface area (Å²) < 4.78 is 5.72. The van der Waals surface area contributed by atoms with E-state index in [4.69, 9.17) is 4.42 Å². The van der Waals surface area contributed by atoms with E-state index in [9.17, 15) is 9.90 Å². The first-order chi connectivity index (χ1) is 14.5. The van der Waals surface area contributed by atoms with E-state index in [0.29, 0.717) is 18.8 Å². The highest BCUT2D eigenvalue weighted by Crippen LogP contribution is 2.40. The van der Waals surface area contributed by atoms with Gasteiger partial charge < -0.3 is 19.4 Å². The molecule has 0 aromatic carbocycles. The SMILES string of the molecule is Cc1ccc(CN2CCC3(CC2)CC(O)CN(C(=O)c2cc4ncccc4[nH]2)C3)o1. The van der Waals surface area contributed by atoms with Crippen LogP contribution in [0.1, 0.15) is 41.3 Å². The third-order valence-corrected chi connectivity index (χ3v) is 6.62. The number of carbonyl (C=O) groups excluding carboxylic acids is 1. The Labute approximate surface area is 175 Å². The highest BCUT2D eigenvalue weighted by molar-refractivity contribution is 5.97. The average Bonchev–Trinajstić information content (AvgIpc) is 3.34. The van der Waals surface area contributed by atoms with Gasteiger partial charge in [0.05, 0.1) is 23.7 Å². The van der Waals surface area contributed by atoms with Crippen molar-refractivity contribution in [1.82, 2.24) is 19.8 Å². The number of aliphatic hydroxyl groups excluding tert-OH is 1. The molecule has 2 aliphatic heterocycles. The lowest BCUT2D eigenvalue weighted by Gasteiger charge is -2.49. The summed E-state index contributed by atoms with van der Waals surface area (Å²) in [5.74, 6) is 1.88. The first-order valence-electron chi connectivity index (χ1n) is 10.7. The Bertz CT molecular complexity index is 1010. The summed E-state index contributed by atoms with van der Waals surface area (Å²) in [7, 11) is 0. The van der Waals surface area contributed by atoms with Gasteiger partial charge in [0.1, 0.15) is 17.2 Å². The molecule has 2 saturated heterocycles. The van der Waals surface area contributed by atoms with Crippen LogP contribution in [0.4, 0.5) is 0 Å². The standard InChI is InChI=1S/C23H28N4O3/c1-16-4-5-18(30-16)14-26-9-6-23(7-10-26)12-17(28)13-27(15-23)22(29)21-11-20-19(25-21)3-2-8-24-20/h2-5,8,11,17,25,28H,6-7,9-10,12-15H2,1H3. The molecule has 2 aliphatic rings. The van der Waals surface area contributed by atoms with Crippen LogP contribution >= 0.6 is 0 Å². The fourth-order valence-electron chi connectivity index (χ4n) is 5.09. The first-order valence-corrected chi connectivity index (χ1v) is 10.7. The molecule has 1 unspecified atom stereocenters. The van der Waals surface area contributed by atoms with E-state index in [2.05, 4.69) is 14.9 Å². The zero-order valence-corrected chi connectivity index (χ0v) is 17.3. The number of carbonyl (C=O) groups is 1. The van der Waals surface area contributed by atoms with Crippen molar-refractivity contribution < 1.29 is 14.3 Å². The Morgan fingerprint density at radius 3 is 2.90 bits per heavy atom. The lowest BCUT2D eigenvalue weighted by molar-refractivity contribution is -0.0345. The molecule has 158 valence electrons. The van der Waals surface area contributed by atoms with Crippen LogP contribution in [0, 0.1) is 12.3 Å². The van der Waals surface area contributed by atoms with E-state index < -0.39 is 6.10 Å². The number of aryl methyl sites for hydroxylation is 1. The number of nitrogens with zero attached hydrogens (tertiary/aromatic N) is 3. The molecule has 1 amide bonds. The fourth-order valence-corrected chi connectivity index (χ4v) is 5.09. The summed E-state index contributed by atoms with van der Waals surface area (Å²) in [4.78, 5) is 24.9. The van der Waals surface area contributed by atoms with Crippen LogP contribution < -0.4 is 0 Å². The minimum absolute atomic E-state index is 0.0207. The van der Waals surface area contributed by atoms with Crippen LogP contribution in [0.5, 0.6) is 0 Å². The van der Waals surface area contributed by atoms with E-state index in [1.807, 2.05) is 36.1 Å². The smallest absolute Gasteiger partial charge is 0.270 e. The maximum Gasteiger partial charge on any atom is 0.270 e. The molecular formula is C23H28N4O3. The van der Waals surface area contributed by atoms with Crippen molar-refractivity contribution in [2.45, 2.75) is 38.8 Å². The number of pyridine rings is 1. The molecule has 5 heterocycles. The van der Waals surface area contributed by atoms with Crippen LogP contribution in [0.15, 0.2) is 40.9 Å². The summed E-state index contributed by atoms with van der Waals surface area (Å²) in [6.45, 7) is 5.76. The molecule has 30 heavy (non-hydrogen) atoms. The number of H-pyrrole nitrogens is 1. The van der Waals surface area contributed by atoms with Crippen molar-refractivity contribution in [3.8, 4) is 0 Å².